The fraction of sp³-hybridized carbons (Fsp3) is 0.500. The minimum atomic E-state index is -1.13. The normalized spacial score (nSPS) is 16.5. The van der Waals surface area contributed by atoms with E-state index in [9.17, 15) is 13.6 Å². The molecule has 0 unspecified atom stereocenters. The highest BCUT2D eigenvalue weighted by molar-refractivity contribution is 8.13. The molecule has 1 atom stereocenters. The number of hydrogen-bond acceptors (Lipinski definition) is 7. The number of nitrogens with one attached hydrogen (secondary N) is 1. The number of carbonyl (C=O) groups excluding carboxylic acids is 1. The molecule has 2 heterocycles. The lowest BCUT2D eigenvalue weighted by Gasteiger charge is -2.15. The van der Waals surface area contributed by atoms with E-state index in [1.807, 2.05) is 6.92 Å². The van der Waals surface area contributed by atoms with Gasteiger partial charge in [0, 0.05) is 24.3 Å². The standard InChI is InChI=1S/C16H18F2N2O4S/c1-3-9(7-25-8(2)21)19-15-11-6-10(16-22-4-5-23-16)12(17)13(18)14(11)24-20-15/h6,9,16H,3-5,7H2,1-2H3,(H,19,20)/t9-/m1/s1. The summed E-state index contributed by atoms with van der Waals surface area (Å²) < 4.78 is 44.0. The molecule has 1 saturated heterocycles. The molecular weight excluding hydrogens is 354 g/mol. The van der Waals surface area contributed by atoms with Gasteiger partial charge < -0.3 is 19.3 Å². The summed E-state index contributed by atoms with van der Waals surface area (Å²) in [4.78, 5) is 11.1. The van der Waals surface area contributed by atoms with Crippen molar-refractivity contribution in [1.82, 2.24) is 5.16 Å². The summed E-state index contributed by atoms with van der Waals surface area (Å²) in [5.41, 5.74) is -0.296. The van der Waals surface area contributed by atoms with Crippen LogP contribution in [0.15, 0.2) is 10.6 Å². The maximum atomic E-state index is 14.3. The Bertz CT molecular complexity index is 777. The molecule has 1 aliphatic rings. The van der Waals surface area contributed by atoms with Crippen molar-refractivity contribution in [2.75, 3.05) is 24.3 Å². The van der Waals surface area contributed by atoms with E-state index in [-0.39, 0.29) is 22.3 Å². The van der Waals surface area contributed by atoms with E-state index in [0.717, 1.165) is 6.42 Å². The van der Waals surface area contributed by atoms with Gasteiger partial charge >= 0.3 is 0 Å². The Balaban J connectivity index is 1.92. The maximum Gasteiger partial charge on any atom is 0.207 e. The van der Waals surface area contributed by atoms with E-state index in [4.69, 9.17) is 14.0 Å². The van der Waals surface area contributed by atoms with Gasteiger partial charge in [-0.15, -0.1) is 0 Å². The van der Waals surface area contributed by atoms with E-state index in [1.165, 1.54) is 24.8 Å². The third-order valence-corrected chi connectivity index (χ3v) is 4.85. The molecule has 0 saturated carbocycles. The zero-order valence-electron chi connectivity index (χ0n) is 13.8. The number of nitrogens with zero attached hydrogens (tertiary/aromatic N) is 1. The lowest BCUT2D eigenvalue weighted by Crippen LogP contribution is -2.22. The Kier molecular flexibility index (Phi) is 5.55. The van der Waals surface area contributed by atoms with Crippen LogP contribution in [0.5, 0.6) is 0 Å². The SMILES string of the molecule is CC[C@H](CSC(C)=O)Nc1noc2c(F)c(F)c(C3OCCO3)cc12. The highest BCUT2D eigenvalue weighted by atomic mass is 32.2. The smallest absolute Gasteiger partial charge is 0.207 e. The average Bonchev–Trinajstić information content (AvgIpc) is 3.24. The molecule has 2 aromatic rings. The number of rotatable bonds is 6. The number of hydrogen-bond donors (Lipinski definition) is 1. The number of halogens is 2. The first kappa shape index (κ1) is 18.1. The van der Waals surface area contributed by atoms with Gasteiger partial charge in [0.2, 0.25) is 11.4 Å². The largest absolute Gasteiger partial charge is 0.363 e. The van der Waals surface area contributed by atoms with Crippen LogP contribution in [0.25, 0.3) is 11.0 Å². The molecule has 0 bridgehead atoms. The van der Waals surface area contributed by atoms with E-state index < -0.39 is 17.9 Å². The first-order valence-electron chi connectivity index (χ1n) is 7.91. The average molecular weight is 372 g/mol. The summed E-state index contributed by atoms with van der Waals surface area (Å²) in [7, 11) is 0. The predicted molar refractivity (Wildman–Crippen MR) is 89.4 cm³/mol. The highest BCUT2D eigenvalue weighted by Gasteiger charge is 2.28. The number of thioether (sulfide) groups is 1. The van der Waals surface area contributed by atoms with Crippen molar-refractivity contribution in [2.45, 2.75) is 32.6 Å². The molecule has 1 aromatic heterocycles. The van der Waals surface area contributed by atoms with Gasteiger partial charge in [0.05, 0.1) is 18.6 Å². The third-order valence-electron chi connectivity index (χ3n) is 3.87. The van der Waals surface area contributed by atoms with E-state index in [2.05, 4.69) is 10.5 Å². The fourth-order valence-corrected chi connectivity index (χ4v) is 3.28. The summed E-state index contributed by atoms with van der Waals surface area (Å²) >= 11 is 1.19. The van der Waals surface area contributed by atoms with Crippen molar-refractivity contribution < 1.29 is 27.6 Å². The van der Waals surface area contributed by atoms with E-state index >= 15 is 0 Å². The van der Waals surface area contributed by atoms with Crippen LogP contribution >= 0.6 is 11.8 Å². The minimum Gasteiger partial charge on any atom is -0.363 e. The van der Waals surface area contributed by atoms with Crippen molar-refractivity contribution >= 4 is 33.7 Å². The van der Waals surface area contributed by atoms with Crippen LogP contribution in [0, 0.1) is 11.6 Å². The van der Waals surface area contributed by atoms with Crippen LogP contribution in [0.1, 0.15) is 32.1 Å². The Morgan fingerprint density at radius 1 is 1.40 bits per heavy atom. The number of fused-ring (bicyclic) bond motifs is 1. The molecule has 0 radical (unpaired) electrons. The van der Waals surface area contributed by atoms with Crippen molar-refractivity contribution in [3.8, 4) is 0 Å². The van der Waals surface area contributed by atoms with Crippen molar-refractivity contribution in [3.63, 3.8) is 0 Å². The number of carbonyl (C=O) groups is 1. The lowest BCUT2D eigenvalue weighted by atomic mass is 10.1. The molecule has 1 aromatic carbocycles. The van der Waals surface area contributed by atoms with Crippen LogP contribution in [0.2, 0.25) is 0 Å². The molecule has 9 heteroatoms. The zero-order chi connectivity index (χ0) is 18.0. The topological polar surface area (TPSA) is 73.6 Å². The van der Waals surface area contributed by atoms with E-state index in [1.54, 1.807) is 0 Å². The van der Waals surface area contributed by atoms with Crippen LogP contribution in [0.3, 0.4) is 0 Å². The summed E-state index contributed by atoms with van der Waals surface area (Å²) in [6.45, 7) is 4.08. The lowest BCUT2D eigenvalue weighted by molar-refractivity contribution is -0.109. The molecule has 0 aliphatic carbocycles. The molecule has 1 aliphatic heterocycles. The summed E-state index contributed by atoms with van der Waals surface area (Å²) in [6.07, 6.45) is -0.225. The number of ether oxygens (including phenoxy) is 2. The second kappa shape index (κ2) is 7.67. The second-order valence-electron chi connectivity index (χ2n) is 5.63. The Morgan fingerprint density at radius 3 is 2.76 bits per heavy atom. The molecule has 6 nitrogen and oxygen atoms in total. The van der Waals surface area contributed by atoms with Gasteiger partial charge in [0.15, 0.2) is 23.0 Å². The van der Waals surface area contributed by atoms with Gasteiger partial charge in [-0.25, -0.2) is 4.39 Å². The summed E-state index contributed by atoms with van der Waals surface area (Å²) in [5.74, 6) is -1.37. The third kappa shape index (κ3) is 3.78. The predicted octanol–water partition coefficient (Wildman–Crippen LogP) is 3.62. The van der Waals surface area contributed by atoms with Crippen LogP contribution in [0.4, 0.5) is 14.6 Å². The second-order valence-corrected chi connectivity index (χ2v) is 6.82. The highest BCUT2D eigenvalue weighted by Crippen LogP contribution is 2.35. The minimum absolute atomic E-state index is 0.0104. The molecular formula is C16H18F2N2O4S. The molecule has 25 heavy (non-hydrogen) atoms. The number of anilines is 1. The van der Waals surface area contributed by atoms with Crippen molar-refractivity contribution in [3.05, 3.63) is 23.3 Å². The quantitative estimate of drug-likeness (QED) is 0.830. The molecule has 1 fully saturated rings. The van der Waals surface area contributed by atoms with Gasteiger partial charge in [-0.05, 0) is 12.5 Å². The van der Waals surface area contributed by atoms with Crippen LogP contribution < -0.4 is 5.32 Å². The first-order valence-corrected chi connectivity index (χ1v) is 8.90. The van der Waals surface area contributed by atoms with Crippen LogP contribution in [-0.2, 0) is 14.3 Å². The fourth-order valence-electron chi connectivity index (χ4n) is 2.52. The zero-order valence-corrected chi connectivity index (χ0v) is 14.6. The summed E-state index contributed by atoms with van der Waals surface area (Å²) in [5, 5.41) is 7.25. The molecule has 0 amide bonds. The molecule has 136 valence electrons. The van der Waals surface area contributed by atoms with E-state index in [0.29, 0.717) is 30.2 Å². The Hall–Kier alpha value is -1.71. The van der Waals surface area contributed by atoms with Gasteiger partial charge in [-0.2, -0.15) is 4.39 Å². The van der Waals surface area contributed by atoms with Gasteiger partial charge in [0.25, 0.3) is 0 Å². The number of aromatic nitrogens is 1. The Labute approximate surface area is 147 Å². The maximum absolute atomic E-state index is 14.3. The monoisotopic (exact) mass is 372 g/mol. The van der Waals surface area contributed by atoms with Gasteiger partial charge in [0.1, 0.15) is 0 Å². The Morgan fingerprint density at radius 2 is 2.12 bits per heavy atom. The van der Waals surface area contributed by atoms with Crippen molar-refractivity contribution in [2.24, 2.45) is 0 Å². The van der Waals surface area contributed by atoms with Crippen molar-refractivity contribution in [1.29, 1.82) is 0 Å². The molecule has 1 N–H and O–H groups in total. The summed E-state index contributed by atoms with van der Waals surface area (Å²) in [6, 6.07) is 1.35. The first-order chi connectivity index (χ1) is 12.0. The molecule has 0 spiro atoms. The van der Waals surface area contributed by atoms with Crippen LogP contribution in [-0.4, -0.2) is 35.3 Å². The molecule has 3 rings (SSSR count). The van der Waals surface area contributed by atoms with Gasteiger partial charge in [-0.3, -0.25) is 4.79 Å². The van der Waals surface area contributed by atoms with Gasteiger partial charge in [-0.1, -0.05) is 23.8 Å². The number of benzene rings is 1.